The van der Waals surface area contributed by atoms with Crippen LogP contribution < -0.4 is 0 Å². The number of hydrogen-bond donors (Lipinski definition) is 0. The van der Waals surface area contributed by atoms with Gasteiger partial charge in [0.25, 0.3) is 0 Å². The maximum absolute atomic E-state index is 7.86. The van der Waals surface area contributed by atoms with Crippen LogP contribution in [0.1, 0.15) is 0 Å². The molecule has 0 unspecified atom stereocenters. The third kappa shape index (κ3) is 5.41. The van der Waals surface area contributed by atoms with Crippen molar-refractivity contribution >= 4 is 0 Å². The molecular weight excluding hydrogens is 94.0 g/mol. The minimum absolute atomic E-state index is 0.105. The van der Waals surface area contributed by atoms with E-state index in [4.69, 9.17) is 5.26 Å². The highest BCUT2D eigenvalue weighted by Gasteiger charge is 1.76. The number of methoxy groups -OCH3 is 1. The Kier molecular flexibility index (Phi) is 4.95. The van der Waals surface area contributed by atoms with Crippen LogP contribution in [0, 0.1) is 11.3 Å². The molecule has 0 N–H and O–H groups in total. The predicted molar refractivity (Wildman–Crippen MR) is 23.4 cm³/mol. The van der Waals surface area contributed by atoms with Crippen molar-refractivity contribution in [2.75, 3.05) is 20.5 Å². The summed E-state index contributed by atoms with van der Waals surface area (Å²) in [4.78, 5) is 0. The van der Waals surface area contributed by atoms with Gasteiger partial charge in [-0.05, 0) is 0 Å². The lowest BCUT2D eigenvalue weighted by molar-refractivity contribution is -0.0170. The predicted octanol–water partition coefficient (Wildman–Crippen LogP) is 0.130. The van der Waals surface area contributed by atoms with Gasteiger partial charge in [0, 0.05) is 7.11 Å². The van der Waals surface area contributed by atoms with E-state index in [2.05, 4.69) is 9.47 Å². The molecule has 0 aromatic heterocycles. The first kappa shape index (κ1) is 6.41. The van der Waals surface area contributed by atoms with Crippen LogP contribution in [0.2, 0.25) is 0 Å². The first-order valence-corrected chi connectivity index (χ1v) is 1.85. The standard InChI is InChI=1S/C4H7NO2/c1-6-4-7-3-2-5/h3-4H2,1H3. The van der Waals surface area contributed by atoms with Gasteiger partial charge in [-0.25, -0.2) is 0 Å². The van der Waals surface area contributed by atoms with Crippen LogP contribution in [-0.4, -0.2) is 20.5 Å². The second-order valence-electron chi connectivity index (χ2n) is 0.913. The minimum atomic E-state index is 0.105. The smallest absolute Gasteiger partial charge is 0.147 e. The highest BCUT2D eigenvalue weighted by molar-refractivity contribution is 4.65. The maximum Gasteiger partial charge on any atom is 0.147 e. The maximum atomic E-state index is 7.86. The van der Waals surface area contributed by atoms with Crippen molar-refractivity contribution in [3.05, 3.63) is 0 Å². The fourth-order valence-corrected chi connectivity index (χ4v) is 0.171. The van der Waals surface area contributed by atoms with Crippen molar-refractivity contribution in [1.29, 1.82) is 5.26 Å². The van der Waals surface area contributed by atoms with Gasteiger partial charge < -0.3 is 9.47 Å². The Morgan fingerprint density at radius 3 is 2.86 bits per heavy atom. The molecule has 40 valence electrons. The first-order valence-electron chi connectivity index (χ1n) is 1.85. The van der Waals surface area contributed by atoms with Gasteiger partial charge in [0.15, 0.2) is 0 Å². The molecule has 0 heterocycles. The fraction of sp³-hybridized carbons (Fsp3) is 0.750. The molecule has 3 nitrogen and oxygen atoms in total. The molecule has 7 heavy (non-hydrogen) atoms. The Morgan fingerprint density at radius 1 is 1.71 bits per heavy atom. The molecule has 0 aliphatic heterocycles. The van der Waals surface area contributed by atoms with Crippen molar-refractivity contribution in [3.8, 4) is 6.07 Å². The van der Waals surface area contributed by atoms with E-state index in [9.17, 15) is 0 Å². The van der Waals surface area contributed by atoms with Gasteiger partial charge in [0.2, 0.25) is 0 Å². The number of ether oxygens (including phenoxy) is 2. The third-order valence-corrected chi connectivity index (χ3v) is 0.368. The Balaban J connectivity index is 2.60. The highest BCUT2D eigenvalue weighted by atomic mass is 16.7. The highest BCUT2D eigenvalue weighted by Crippen LogP contribution is 1.69. The van der Waals surface area contributed by atoms with Crippen LogP contribution >= 0.6 is 0 Å². The molecule has 0 amide bonds. The van der Waals surface area contributed by atoms with E-state index in [1.807, 2.05) is 0 Å². The Morgan fingerprint density at radius 2 is 2.43 bits per heavy atom. The lowest BCUT2D eigenvalue weighted by atomic mass is 10.8. The molecule has 0 spiro atoms. The van der Waals surface area contributed by atoms with Gasteiger partial charge in [0.1, 0.15) is 13.4 Å². The monoisotopic (exact) mass is 101 g/mol. The van der Waals surface area contributed by atoms with Crippen LogP contribution in [0.5, 0.6) is 0 Å². The molecule has 0 aliphatic carbocycles. The Labute approximate surface area is 42.5 Å². The van der Waals surface area contributed by atoms with Crippen molar-refractivity contribution in [3.63, 3.8) is 0 Å². The summed E-state index contributed by atoms with van der Waals surface area (Å²) in [5.74, 6) is 0. The molecule has 0 aliphatic rings. The molecule has 0 radical (unpaired) electrons. The second-order valence-corrected chi connectivity index (χ2v) is 0.913. The van der Waals surface area contributed by atoms with Gasteiger partial charge in [-0.2, -0.15) is 5.26 Å². The van der Waals surface area contributed by atoms with Crippen LogP contribution in [-0.2, 0) is 9.47 Å². The normalized spacial score (nSPS) is 8.00. The van der Waals surface area contributed by atoms with Gasteiger partial charge in [0.05, 0.1) is 6.07 Å². The van der Waals surface area contributed by atoms with E-state index in [1.165, 1.54) is 7.11 Å². The largest absolute Gasteiger partial charge is 0.359 e. The molecule has 3 heteroatoms. The molecule has 0 aromatic carbocycles. The summed E-state index contributed by atoms with van der Waals surface area (Å²) in [5.41, 5.74) is 0. The summed E-state index contributed by atoms with van der Waals surface area (Å²) >= 11 is 0. The zero-order chi connectivity index (χ0) is 5.54. The zero-order valence-electron chi connectivity index (χ0n) is 4.18. The van der Waals surface area contributed by atoms with Crippen LogP contribution in [0.25, 0.3) is 0 Å². The van der Waals surface area contributed by atoms with E-state index in [-0.39, 0.29) is 13.4 Å². The van der Waals surface area contributed by atoms with Crippen LogP contribution in [0.4, 0.5) is 0 Å². The van der Waals surface area contributed by atoms with Crippen molar-refractivity contribution < 1.29 is 9.47 Å². The number of rotatable bonds is 3. The van der Waals surface area contributed by atoms with Crippen molar-refractivity contribution in [2.24, 2.45) is 0 Å². The number of hydrogen-bond acceptors (Lipinski definition) is 3. The SMILES string of the molecule is COCOCC#N. The zero-order valence-corrected chi connectivity index (χ0v) is 4.18. The van der Waals surface area contributed by atoms with E-state index >= 15 is 0 Å². The summed E-state index contributed by atoms with van der Waals surface area (Å²) in [6, 6.07) is 1.80. The van der Waals surface area contributed by atoms with E-state index in [0.29, 0.717) is 0 Å². The number of nitrogens with zero attached hydrogens (tertiary/aromatic N) is 1. The Bertz CT molecular complexity index is 66.6. The summed E-state index contributed by atoms with van der Waals surface area (Å²) in [6.45, 7) is 0.307. The van der Waals surface area contributed by atoms with E-state index < -0.39 is 0 Å². The Hall–Kier alpha value is -0.590. The van der Waals surface area contributed by atoms with E-state index in [0.717, 1.165) is 0 Å². The van der Waals surface area contributed by atoms with Gasteiger partial charge in [-0.15, -0.1) is 0 Å². The van der Waals surface area contributed by atoms with E-state index in [1.54, 1.807) is 6.07 Å². The average molecular weight is 101 g/mol. The third-order valence-electron chi connectivity index (χ3n) is 0.368. The summed E-state index contributed by atoms with van der Waals surface area (Å²) in [5, 5.41) is 7.86. The van der Waals surface area contributed by atoms with Gasteiger partial charge in [-0.3, -0.25) is 0 Å². The molecule has 0 saturated heterocycles. The molecular formula is C4H7NO2. The molecule has 0 saturated carbocycles. The van der Waals surface area contributed by atoms with Crippen LogP contribution in [0.3, 0.4) is 0 Å². The molecule has 0 rings (SSSR count). The van der Waals surface area contributed by atoms with Crippen molar-refractivity contribution in [2.45, 2.75) is 0 Å². The topological polar surface area (TPSA) is 42.2 Å². The average Bonchev–Trinajstić information content (AvgIpc) is 1.69. The number of nitriles is 1. The lowest BCUT2D eigenvalue weighted by Crippen LogP contribution is -1.94. The minimum Gasteiger partial charge on any atom is -0.359 e. The van der Waals surface area contributed by atoms with Gasteiger partial charge >= 0.3 is 0 Å². The summed E-state index contributed by atoms with van der Waals surface area (Å²) in [7, 11) is 1.51. The first-order chi connectivity index (χ1) is 3.41. The summed E-state index contributed by atoms with van der Waals surface area (Å²) in [6.07, 6.45) is 0. The molecule has 0 atom stereocenters. The fourth-order valence-electron chi connectivity index (χ4n) is 0.171. The van der Waals surface area contributed by atoms with Crippen molar-refractivity contribution in [1.82, 2.24) is 0 Å². The second kappa shape index (κ2) is 5.41. The van der Waals surface area contributed by atoms with Gasteiger partial charge in [-0.1, -0.05) is 0 Å². The molecule has 0 aromatic rings. The summed E-state index contributed by atoms with van der Waals surface area (Å²) < 4.78 is 9.02. The van der Waals surface area contributed by atoms with Crippen LogP contribution in [0.15, 0.2) is 0 Å². The quantitative estimate of drug-likeness (QED) is 0.375. The lowest BCUT2D eigenvalue weighted by Gasteiger charge is -1.91. The molecule has 0 fully saturated rings. The molecule has 0 bridgehead atoms.